The maximum Gasteiger partial charge on any atom is 0.335 e. The highest BCUT2D eigenvalue weighted by atomic mass is 16.6. The van der Waals surface area contributed by atoms with E-state index in [4.69, 9.17) is 9.47 Å². The molecule has 0 aliphatic rings. The molecular formula is C18H18O4. The van der Waals surface area contributed by atoms with Crippen LogP contribution in [-0.2, 0) is 22.4 Å². The zero-order valence-electron chi connectivity index (χ0n) is 12.3. The number of carbonyl (C=O) groups is 2. The molecule has 0 saturated heterocycles. The minimum Gasteiger partial charge on any atom is -0.419 e. The van der Waals surface area contributed by atoms with E-state index in [0.29, 0.717) is 24.0 Å². The fraction of sp³-hybridized carbons (Fsp3) is 0.111. The van der Waals surface area contributed by atoms with Gasteiger partial charge in [-0.1, -0.05) is 37.4 Å². The summed E-state index contributed by atoms with van der Waals surface area (Å²) in [5, 5.41) is 0. The second-order valence-corrected chi connectivity index (χ2v) is 4.28. The first-order valence-electron chi connectivity index (χ1n) is 6.62. The van der Waals surface area contributed by atoms with Gasteiger partial charge < -0.3 is 9.47 Å². The minimum atomic E-state index is -0.642. The van der Waals surface area contributed by atoms with Gasteiger partial charge in [-0.25, -0.2) is 9.59 Å². The Balaban J connectivity index is 3.47. The molecule has 0 aliphatic carbocycles. The van der Waals surface area contributed by atoms with Gasteiger partial charge in [0.15, 0.2) is 11.5 Å². The van der Waals surface area contributed by atoms with Crippen molar-refractivity contribution in [3.05, 3.63) is 73.9 Å². The maximum absolute atomic E-state index is 11.6. The third-order valence-corrected chi connectivity index (χ3v) is 2.74. The molecule has 0 aliphatic heterocycles. The van der Waals surface area contributed by atoms with Gasteiger partial charge >= 0.3 is 11.9 Å². The van der Waals surface area contributed by atoms with Gasteiger partial charge in [0, 0.05) is 23.3 Å². The molecule has 0 radical (unpaired) electrons. The van der Waals surface area contributed by atoms with Crippen molar-refractivity contribution in [2.45, 2.75) is 12.8 Å². The summed E-state index contributed by atoms with van der Waals surface area (Å²) in [6, 6.07) is 3.58. The van der Waals surface area contributed by atoms with Gasteiger partial charge in [-0.2, -0.15) is 0 Å². The summed E-state index contributed by atoms with van der Waals surface area (Å²) in [6.45, 7) is 14.0. The molecule has 4 nitrogen and oxygen atoms in total. The van der Waals surface area contributed by atoms with Crippen LogP contribution in [0.15, 0.2) is 62.8 Å². The molecule has 1 aromatic carbocycles. The Bertz CT molecular complexity index is 571. The van der Waals surface area contributed by atoms with Gasteiger partial charge in [-0.15, -0.1) is 13.2 Å². The molecule has 1 rings (SSSR count). The normalized spacial score (nSPS) is 9.45. The van der Waals surface area contributed by atoms with Crippen LogP contribution in [0.25, 0.3) is 0 Å². The summed E-state index contributed by atoms with van der Waals surface area (Å²) in [7, 11) is 0. The van der Waals surface area contributed by atoms with E-state index in [1.807, 2.05) is 0 Å². The zero-order valence-corrected chi connectivity index (χ0v) is 12.3. The number of ether oxygens (including phenoxy) is 2. The summed E-state index contributed by atoms with van der Waals surface area (Å²) < 4.78 is 10.5. The highest BCUT2D eigenvalue weighted by Crippen LogP contribution is 2.36. The van der Waals surface area contributed by atoms with E-state index in [0.717, 1.165) is 12.2 Å². The monoisotopic (exact) mass is 298 g/mol. The summed E-state index contributed by atoms with van der Waals surface area (Å²) >= 11 is 0. The number of benzene rings is 1. The molecule has 0 heterocycles. The van der Waals surface area contributed by atoms with Crippen LogP contribution in [0, 0.1) is 0 Å². The molecule has 0 N–H and O–H groups in total. The van der Waals surface area contributed by atoms with Gasteiger partial charge in [0.2, 0.25) is 0 Å². The smallest absolute Gasteiger partial charge is 0.335 e. The van der Waals surface area contributed by atoms with E-state index >= 15 is 0 Å². The third kappa shape index (κ3) is 4.31. The Labute approximate surface area is 130 Å². The average molecular weight is 298 g/mol. The van der Waals surface area contributed by atoms with Crippen molar-refractivity contribution in [2.75, 3.05) is 0 Å². The van der Waals surface area contributed by atoms with E-state index in [1.54, 1.807) is 24.3 Å². The van der Waals surface area contributed by atoms with Crippen LogP contribution in [0.1, 0.15) is 11.1 Å². The summed E-state index contributed by atoms with van der Waals surface area (Å²) in [5.74, 6) is -0.923. The average Bonchev–Trinajstić information content (AvgIpc) is 2.52. The Morgan fingerprint density at radius 1 is 0.818 bits per heavy atom. The quantitative estimate of drug-likeness (QED) is 0.320. The fourth-order valence-corrected chi connectivity index (χ4v) is 1.79. The van der Waals surface area contributed by atoms with Crippen LogP contribution in [-0.4, -0.2) is 11.9 Å². The highest BCUT2D eigenvalue weighted by molar-refractivity contribution is 5.86. The second-order valence-electron chi connectivity index (χ2n) is 4.28. The number of esters is 2. The molecule has 0 bridgehead atoms. The lowest BCUT2D eigenvalue weighted by molar-refractivity contribution is -0.131. The molecule has 4 heteroatoms. The molecule has 0 atom stereocenters. The van der Waals surface area contributed by atoms with Crippen LogP contribution >= 0.6 is 0 Å². The molecule has 1 aromatic rings. The summed E-state index contributed by atoms with van der Waals surface area (Å²) in [5.41, 5.74) is 1.34. The van der Waals surface area contributed by atoms with Gasteiger partial charge in [-0.3, -0.25) is 0 Å². The zero-order chi connectivity index (χ0) is 16.5. The molecule has 0 unspecified atom stereocenters. The lowest BCUT2D eigenvalue weighted by Crippen LogP contribution is -2.12. The Kier molecular flexibility index (Phi) is 6.57. The number of allylic oxidation sites excluding steroid dienone is 2. The number of rotatable bonds is 8. The van der Waals surface area contributed by atoms with Gasteiger partial charge in [0.25, 0.3) is 0 Å². The van der Waals surface area contributed by atoms with Crippen LogP contribution in [0.4, 0.5) is 0 Å². The van der Waals surface area contributed by atoms with Gasteiger partial charge in [0.05, 0.1) is 0 Å². The second kappa shape index (κ2) is 8.42. The SMILES string of the molecule is C=CCc1ccc(CC=C)c(OC(=O)C=C)c1OC(=O)C=C. The van der Waals surface area contributed by atoms with Crippen LogP contribution in [0.5, 0.6) is 11.5 Å². The van der Waals surface area contributed by atoms with Crippen molar-refractivity contribution < 1.29 is 19.1 Å². The van der Waals surface area contributed by atoms with Crippen molar-refractivity contribution >= 4 is 11.9 Å². The van der Waals surface area contributed by atoms with Crippen molar-refractivity contribution in [3.8, 4) is 11.5 Å². The van der Waals surface area contributed by atoms with Gasteiger partial charge in [-0.05, 0) is 12.8 Å². The largest absolute Gasteiger partial charge is 0.419 e. The lowest BCUT2D eigenvalue weighted by Gasteiger charge is -2.16. The Morgan fingerprint density at radius 2 is 1.18 bits per heavy atom. The lowest BCUT2D eigenvalue weighted by atomic mass is 10.0. The number of hydrogen-bond donors (Lipinski definition) is 0. The summed E-state index contributed by atoms with van der Waals surface area (Å²) in [6.07, 6.45) is 6.30. The van der Waals surface area contributed by atoms with Crippen LogP contribution in [0.3, 0.4) is 0 Å². The third-order valence-electron chi connectivity index (χ3n) is 2.74. The molecule has 0 aromatic heterocycles. The molecule has 114 valence electrons. The number of hydrogen-bond acceptors (Lipinski definition) is 4. The molecule has 0 spiro atoms. The molecular weight excluding hydrogens is 280 g/mol. The molecule has 22 heavy (non-hydrogen) atoms. The minimum absolute atomic E-state index is 0.180. The van der Waals surface area contributed by atoms with Crippen molar-refractivity contribution in [1.82, 2.24) is 0 Å². The standard InChI is InChI=1S/C18H18O4/c1-5-9-13-11-12-14(10-6-2)18(22-16(20)8-4)17(13)21-15(19)7-3/h5-8,11-12H,1-4,9-10H2. The van der Waals surface area contributed by atoms with E-state index in [9.17, 15) is 9.59 Å². The Hall–Kier alpha value is -2.88. The van der Waals surface area contributed by atoms with Crippen LogP contribution < -0.4 is 9.47 Å². The Morgan fingerprint density at radius 3 is 1.45 bits per heavy atom. The fourth-order valence-electron chi connectivity index (χ4n) is 1.79. The first kappa shape index (κ1) is 17.2. The van der Waals surface area contributed by atoms with E-state index in [2.05, 4.69) is 26.3 Å². The predicted octanol–water partition coefficient (Wildman–Crippen LogP) is 3.33. The molecule has 0 saturated carbocycles. The highest BCUT2D eigenvalue weighted by Gasteiger charge is 2.19. The first-order valence-corrected chi connectivity index (χ1v) is 6.62. The first-order chi connectivity index (χ1) is 10.6. The topological polar surface area (TPSA) is 52.6 Å². The van der Waals surface area contributed by atoms with Crippen LogP contribution in [0.2, 0.25) is 0 Å². The number of carbonyl (C=O) groups excluding carboxylic acids is 2. The van der Waals surface area contributed by atoms with Crippen molar-refractivity contribution in [2.24, 2.45) is 0 Å². The van der Waals surface area contributed by atoms with E-state index in [-0.39, 0.29) is 11.5 Å². The van der Waals surface area contributed by atoms with Crippen molar-refractivity contribution in [1.29, 1.82) is 0 Å². The van der Waals surface area contributed by atoms with E-state index in [1.165, 1.54) is 0 Å². The van der Waals surface area contributed by atoms with Gasteiger partial charge in [0.1, 0.15) is 0 Å². The molecule has 0 amide bonds. The van der Waals surface area contributed by atoms with E-state index < -0.39 is 11.9 Å². The predicted molar refractivity (Wildman–Crippen MR) is 85.9 cm³/mol. The molecule has 0 fully saturated rings. The maximum atomic E-state index is 11.6. The summed E-state index contributed by atoms with van der Waals surface area (Å²) in [4.78, 5) is 23.1. The van der Waals surface area contributed by atoms with Crippen molar-refractivity contribution in [3.63, 3.8) is 0 Å².